The van der Waals surface area contributed by atoms with E-state index >= 15 is 0 Å². The van der Waals surface area contributed by atoms with Crippen LogP contribution in [0.2, 0.25) is 0 Å². The van der Waals surface area contributed by atoms with Crippen molar-refractivity contribution >= 4 is 0 Å². The molecule has 0 unspecified atom stereocenters. The van der Waals surface area contributed by atoms with E-state index in [-0.39, 0.29) is 24.5 Å². The van der Waals surface area contributed by atoms with Crippen LogP contribution in [0.25, 0.3) is 0 Å². The number of rotatable bonds is 0. The van der Waals surface area contributed by atoms with Crippen LogP contribution in [0, 0.1) is 43.7 Å². The summed E-state index contributed by atoms with van der Waals surface area (Å²) in [5.41, 5.74) is 0. The minimum atomic E-state index is 0. The van der Waals surface area contributed by atoms with Crippen LogP contribution in [-0.4, -0.2) is 4.98 Å². The van der Waals surface area contributed by atoms with Gasteiger partial charge in [0, 0.05) is 12.4 Å². The van der Waals surface area contributed by atoms with E-state index in [1.807, 2.05) is 18.2 Å². The van der Waals surface area contributed by atoms with E-state index in [1.54, 1.807) is 12.4 Å². The molecule has 1 aromatic rings. The Labute approximate surface area is 136 Å². The second-order valence-electron chi connectivity index (χ2n) is 4.15. The Hall–Kier alpha value is -0.591. The van der Waals surface area contributed by atoms with Gasteiger partial charge in [-0.15, -0.1) is 0 Å². The summed E-state index contributed by atoms with van der Waals surface area (Å²) in [5, 5.41) is 0. The van der Waals surface area contributed by atoms with Crippen molar-refractivity contribution in [2.24, 2.45) is 0 Å². The zero-order valence-electron chi connectivity index (χ0n) is 13.1. The van der Waals surface area contributed by atoms with Gasteiger partial charge in [0.15, 0.2) is 0 Å². The van der Waals surface area contributed by atoms with Crippen molar-refractivity contribution in [3.63, 3.8) is 0 Å². The van der Waals surface area contributed by atoms with Gasteiger partial charge in [-0.1, -0.05) is 40.7 Å². The summed E-state index contributed by atoms with van der Waals surface area (Å²) >= 11 is 0. The molecule has 0 amide bonds. The Morgan fingerprint density at radius 1 is 0.700 bits per heavy atom. The first-order chi connectivity index (χ1) is 8.55. The van der Waals surface area contributed by atoms with Gasteiger partial charge < -0.3 is 7.43 Å². The molecule has 0 spiro atoms. The summed E-state index contributed by atoms with van der Waals surface area (Å²) in [4.78, 5) is 3.78. The van der Waals surface area contributed by atoms with Crippen LogP contribution in [0.3, 0.4) is 0 Å². The predicted octanol–water partition coefficient (Wildman–Crippen LogP) is 4.46. The topological polar surface area (TPSA) is 32.8 Å². The van der Waals surface area contributed by atoms with Gasteiger partial charge in [0.1, 0.15) is 0 Å². The molecule has 0 aromatic carbocycles. The van der Waals surface area contributed by atoms with Crippen molar-refractivity contribution in [3.05, 3.63) is 74.3 Å². The van der Waals surface area contributed by atoms with Gasteiger partial charge in [0.25, 0.3) is 0 Å². The Balaban J connectivity index is -0.000000252. The standard InChI is InChI=1S/C10H15.C5H5N.CO.CH3.Fe/c1-6-7(2)9(4)10(5)8(6)3;1-2-4-6-5-3-1;1-2;;/h1-5H3;1-5H;;1H3;/q;;;-1;+2. The van der Waals surface area contributed by atoms with Gasteiger partial charge >= 0.3 is 28.4 Å². The third kappa shape index (κ3) is 7.26. The Kier molecular flexibility index (Phi) is 16.4. The summed E-state index contributed by atoms with van der Waals surface area (Å²) in [6, 6.07) is 5.72. The Bertz CT molecular complexity index is 257. The molecule has 1 saturated carbocycles. The molecule has 2 rings (SSSR count). The summed E-state index contributed by atoms with van der Waals surface area (Å²) in [5.74, 6) is 7.34. The van der Waals surface area contributed by atoms with Crippen molar-refractivity contribution in [1.29, 1.82) is 0 Å². The average Bonchev–Trinajstić information content (AvgIpc) is 2.62. The third-order valence-corrected chi connectivity index (χ3v) is 3.38. The number of hydrogen-bond donors (Lipinski definition) is 0. The second-order valence-corrected chi connectivity index (χ2v) is 4.15. The molecule has 1 aliphatic carbocycles. The van der Waals surface area contributed by atoms with Gasteiger partial charge in [0.05, 0.1) is 0 Å². The van der Waals surface area contributed by atoms with E-state index in [9.17, 15) is 0 Å². The normalized spacial score (nSPS) is 16.8. The SMILES string of the molecule is C[C]1[C](C)[C](C)[C](C)[C]1C.[C-]#[O+].[CH3-].[Fe+2].c1ccncc1. The average molecular weight is 313 g/mol. The number of nitrogens with zero attached hydrogens (tertiary/aromatic N) is 1. The van der Waals surface area contributed by atoms with E-state index in [4.69, 9.17) is 4.65 Å². The van der Waals surface area contributed by atoms with Crippen molar-refractivity contribution < 1.29 is 21.7 Å². The van der Waals surface area contributed by atoms with Crippen molar-refractivity contribution in [2.45, 2.75) is 34.6 Å². The molecule has 2 nitrogen and oxygen atoms in total. The molecule has 0 N–H and O–H groups in total. The van der Waals surface area contributed by atoms with Crippen LogP contribution in [-0.2, 0) is 21.7 Å². The van der Waals surface area contributed by atoms with Crippen LogP contribution in [0.1, 0.15) is 34.6 Å². The molecule has 0 aliphatic heterocycles. The Morgan fingerprint density at radius 3 is 1.05 bits per heavy atom. The van der Waals surface area contributed by atoms with E-state index in [2.05, 4.69) is 46.3 Å². The van der Waals surface area contributed by atoms with E-state index in [0.717, 1.165) is 0 Å². The molecule has 0 bridgehead atoms. The Morgan fingerprint density at radius 2 is 0.950 bits per heavy atom. The predicted molar refractivity (Wildman–Crippen MR) is 79.2 cm³/mol. The molecule has 1 heterocycles. The van der Waals surface area contributed by atoms with E-state index in [0.29, 0.717) is 0 Å². The molecule has 1 aliphatic rings. The molecular formula is C17H23FeNO+. The van der Waals surface area contributed by atoms with Crippen molar-refractivity contribution in [1.82, 2.24) is 4.98 Å². The fraction of sp³-hybridized carbons (Fsp3) is 0.294. The van der Waals surface area contributed by atoms with E-state index in [1.165, 1.54) is 29.6 Å². The van der Waals surface area contributed by atoms with Crippen LogP contribution in [0.15, 0.2) is 30.6 Å². The van der Waals surface area contributed by atoms with Crippen molar-refractivity contribution in [3.8, 4) is 0 Å². The van der Waals surface area contributed by atoms with Gasteiger partial charge in [0.2, 0.25) is 0 Å². The molecule has 0 atom stereocenters. The largest absolute Gasteiger partial charge is 2.00 e. The maximum atomic E-state index is 7.50. The molecule has 109 valence electrons. The fourth-order valence-corrected chi connectivity index (χ4v) is 1.72. The minimum Gasteiger partial charge on any atom is -0.358 e. The molecule has 1 aromatic heterocycles. The first-order valence-electron chi connectivity index (χ1n) is 5.80. The summed E-state index contributed by atoms with van der Waals surface area (Å²) in [6.45, 7) is 15.5. The fourth-order valence-electron chi connectivity index (χ4n) is 1.72. The maximum absolute atomic E-state index is 7.50. The number of pyridine rings is 1. The zero-order valence-corrected chi connectivity index (χ0v) is 14.2. The van der Waals surface area contributed by atoms with Crippen LogP contribution >= 0.6 is 0 Å². The molecule has 1 fully saturated rings. The van der Waals surface area contributed by atoms with Crippen LogP contribution < -0.4 is 0 Å². The quantitative estimate of drug-likeness (QED) is 0.395. The van der Waals surface area contributed by atoms with Crippen LogP contribution in [0.4, 0.5) is 0 Å². The van der Waals surface area contributed by atoms with E-state index < -0.39 is 0 Å². The summed E-state index contributed by atoms with van der Waals surface area (Å²) in [7, 11) is 0. The van der Waals surface area contributed by atoms with Gasteiger partial charge in [-0.2, -0.15) is 0 Å². The monoisotopic (exact) mass is 313 g/mol. The first-order valence-corrected chi connectivity index (χ1v) is 5.80. The molecule has 5 radical (unpaired) electrons. The van der Waals surface area contributed by atoms with Gasteiger partial charge in [-0.3, -0.25) is 4.98 Å². The number of hydrogen-bond acceptors (Lipinski definition) is 1. The van der Waals surface area contributed by atoms with Crippen molar-refractivity contribution in [2.75, 3.05) is 0 Å². The summed E-state index contributed by atoms with van der Waals surface area (Å²) in [6.07, 6.45) is 3.50. The molecule has 0 saturated heterocycles. The molecular weight excluding hydrogens is 290 g/mol. The summed E-state index contributed by atoms with van der Waals surface area (Å²) < 4.78 is 7.50. The van der Waals surface area contributed by atoms with Crippen LogP contribution in [0.5, 0.6) is 0 Å². The minimum absolute atomic E-state index is 0. The number of aromatic nitrogens is 1. The smallest absolute Gasteiger partial charge is 0.358 e. The maximum Gasteiger partial charge on any atom is 2.00 e. The first kappa shape index (κ1) is 24.4. The van der Waals surface area contributed by atoms with Gasteiger partial charge in [-0.25, -0.2) is 0 Å². The molecule has 20 heavy (non-hydrogen) atoms. The van der Waals surface area contributed by atoms with Gasteiger partial charge in [-0.05, 0) is 41.7 Å². The zero-order chi connectivity index (χ0) is 14.1. The molecule has 3 heteroatoms. The third-order valence-electron chi connectivity index (χ3n) is 3.38. The second kappa shape index (κ2) is 13.4.